The van der Waals surface area contributed by atoms with Gasteiger partial charge in [-0.1, -0.05) is 52.9 Å². The maximum atomic E-state index is 11.9. The van der Waals surface area contributed by atoms with Gasteiger partial charge >= 0.3 is 0 Å². The van der Waals surface area contributed by atoms with Crippen molar-refractivity contribution in [1.29, 1.82) is 0 Å². The Hall–Kier alpha value is -2.74. The van der Waals surface area contributed by atoms with E-state index in [0.29, 0.717) is 23.6 Å². The minimum Gasteiger partial charge on any atom is -0.351 e. The van der Waals surface area contributed by atoms with Gasteiger partial charge in [0, 0.05) is 36.6 Å². The Morgan fingerprint density at radius 3 is 2.61 bits per heavy atom. The lowest BCUT2D eigenvalue weighted by molar-refractivity contribution is 0.0957. The molecule has 2 N–H and O–H groups in total. The summed E-state index contributed by atoms with van der Waals surface area (Å²) in [4.78, 5) is 28.4. The summed E-state index contributed by atoms with van der Waals surface area (Å²) in [6.07, 6.45) is 11.3. The number of H-pyrrole nitrogens is 1. The fourth-order valence-corrected chi connectivity index (χ4v) is 2.81. The highest BCUT2D eigenvalue weighted by atomic mass is 35.5. The zero-order valence-electron chi connectivity index (χ0n) is 19.9. The van der Waals surface area contributed by atoms with Crippen LogP contribution < -0.4 is 10.9 Å². The highest BCUT2D eigenvalue weighted by Gasteiger charge is 2.13. The lowest BCUT2D eigenvalue weighted by Gasteiger charge is -2.05. The molecular weight excluding hydrogens is 445 g/mol. The molecule has 0 saturated heterocycles. The molecule has 9 heteroatoms. The normalized spacial score (nSPS) is 11.1. The fourth-order valence-electron chi connectivity index (χ4n) is 2.71. The second kappa shape index (κ2) is 16.0. The van der Waals surface area contributed by atoms with Crippen LogP contribution >= 0.6 is 11.6 Å². The summed E-state index contributed by atoms with van der Waals surface area (Å²) in [6, 6.07) is 4.08. The molecule has 1 amide bonds. The highest BCUT2D eigenvalue weighted by molar-refractivity contribution is 6.18. The number of alkyl halides is 1. The first kappa shape index (κ1) is 28.3. The number of fused-ring (bicyclic) bond motifs is 1. The van der Waals surface area contributed by atoms with Crippen molar-refractivity contribution in [2.75, 3.05) is 12.4 Å². The molecule has 3 rings (SSSR count). The predicted molar refractivity (Wildman–Crippen MR) is 131 cm³/mol. The van der Waals surface area contributed by atoms with E-state index in [9.17, 15) is 14.0 Å². The van der Waals surface area contributed by atoms with E-state index in [1.54, 1.807) is 10.7 Å². The standard InChI is InChI=1S/C10H11ClN4O.C9H20.C5H4FNO/c1-7-2-5-15-9(14-7)8(6-13-15)10(16)12-4-3-11;1-4-6-7-8-9(3)5-2;6-4-1-2-5(8)7-3-4/h2,5-6H,3-4H2,1H3,(H,12,16);9H,4-8H2,1-3H3;1-3H,(H,7,8). The lowest BCUT2D eigenvalue weighted by Crippen LogP contribution is -2.25. The van der Waals surface area contributed by atoms with Gasteiger partial charge in [-0.05, 0) is 25.0 Å². The van der Waals surface area contributed by atoms with Crippen molar-refractivity contribution in [3.8, 4) is 0 Å². The van der Waals surface area contributed by atoms with Crippen LogP contribution in [0.1, 0.15) is 68.9 Å². The van der Waals surface area contributed by atoms with Crippen LogP contribution in [0.2, 0.25) is 0 Å². The average Bonchev–Trinajstić information content (AvgIpc) is 3.23. The largest absolute Gasteiger partial charge is 0.351 e. The molecule has 0 fully saturated rings. The van der Waals surface area contributed by atoms with E-state index in [2.05, 4.69) is 41.2 Å². The summed E-state index contributed by atoms with van der Waals surface area (Å²) in [6.45, 7) is 9.18. The van der Waals surface area contributed by atoms with Gasteiger partial charge in [-0.3, -0.25) is 9.59 Å². The molecule has 3 aromatic rings. The molecule has 0 radical (unpaired) electrons. The minimum absolute atomic E-state index is 0.200. The van der Waals surface area contributed by atoms with Crippen LogP contribution in [-0.2, 0) is 0 Å². The Morgan fingerprint density at radius 2 is 2.03 bits per heavy atom. The Morgan fingerprint density at radius 1 is 1.27 bits per heavy atom. The predicted octanol–water partition coefficient (Wildman–Crippen LogP) is 5.13. The number of rotatable bonds is 8. The number of aromatic amines is 1. The van der Waals surface area contributed by atoms with E-state index < -0.39 is 5.82 Å². The molecule has 33 heavy (non-hydrogen) atoms. The van der Waals surface area contributed by atoms with E-state index in [1.165, 1.54) is 38.3 Å². The Kier molecular flexibility index (Phi) is 13.7. The Bertz CT molecular complexity index is 1000. The molecule has 7 nitrogen and oxygen atoms in total. The van der Waals surface area contributed by atoms with Crippen LogP contribution in [0.5, 0.6) is 0 Å². The third kappa shape index (κ3) is 11.1. The number of carbonyl (C=O) groups is 1. The average molecular weight is 480 g/mol. The van der Waals surface area contributed by atoms with Gasteiger partial charge in [-0.25, -0.2) is 13.9 Å². The summed E-state index contributed by atoms with van der Waals surface area (Å²) >= 11 is 5.50. The van der Waals surface area contributed by atoms with Crippen molar-refractivity contribution in [3.05, 3.63) is 64.2 Å². The number of nitrogens with one attached hydrogen (secondary N) is 2. The van der Waals surface area contributed by atoms with E-state index in [-0.39, 0.29) is 11.5 Å². The van der Waals surface area contributed by atoms with Gasteiger partial charge in [-0.2, -0.15) is 5.10 Å². The first-order chi connectivity index (χ1) is 15.8. The maximum absolute atomic E-state index is 11.9. The van der Waals surface area contributed by atoms with Gasteiger partial charge in [0.15, 0.2) is 5.65 Å². The molecular formula is C24H35ClFN5O2. The lowest BCUT2D eigenvalue weighted by atomic mass is 10.0. The molecule has 0 spiro atoms. The molecule has 0 saturated carbocycles. The zero-order valence-corrected chi connectivity index (χ0v) is 20.7. The van der Waals surface area contributed by atoms with E-state index in [0.717, 1.165) is 29.9 Å². The maximum Gasteiger partial charge on any atom is 0.256 e. The number of carbonyl (C=O) groups excluding carboxylic acids is 1. The molecule has 0 aliphatic rings. The number of hydrogen-bond donors (Lipinski definition) is 2. The zero-order chi connectivity index (χ0) is 24.6. The van der Waals surface area contributed by atoms with Crippen molar-refractivity contribution < 1.29 is 9.18 Å². The molecule has 0 bridgehead atoms. The second-order valence-corrected chi connectivity index (χ2v) is 8.10. The van der Waals surface area contributed by atoms with Crippen molar-refractivity contribution in [2.45, 2.75) is 59.8 Å². The summed E-state index contributed by atoms with van der Waals surface area (Å²) < 4.78 is 13.5. The van der Waals surface area contributed by atoms with Gasteiger partial charge < -0.3 is 10.3 Å². The van der Waals surface area contributed by atoms with Crippen molar-refractivity contribution >= 4 is 23.2 Å². The van der Waals surface area contributed by atoms with E-state index >= 15 is 0 Å². The molecule has 3 heterocycles. The number of nitrogens with zero attached hydrogens (tertiary/aromatic N) is 3. The third-order valence-corrected chi connectivity index (χ3v) is 5.07. The first-order valence-electron chi connectivity index (χ1n) is 11.3. The summed E-state index contributed by atoms with van der Waals surface area (Å²) in [5.41, 5.74) is 1.59. The number of aromatic nitrogens is 4. The molecule has 1 unspecified atom stereocenters. The topological polar surface area (TPSA) is 92.2 Å². The molecule has 0 aliphatic carbocycles. The number of unbranched alkanes of at least 4 members (excludes halogenated alkanes) is 2. The van der Waals surface area contributed by atoms with Crippen molar-refractivity contribution in [3.63, 3.8) is 0 Å². The third-order valence-electron chi connectivity index (χ3n) is 4.88. The van der Waals surface area contributed by atoms with Gasteiger partial charge in [-0.15, -0.1) is 11.6 Å². The SMILES string of the molecule is CCCCCC(C)CC.Cc1ccn2ncc(C(=O)NCCCl)c2n1.O=c1ccc(F)c[nH]1. The number of halogens is 2. The van der Waals surface area contributed by atoms with Crippen LogP contribution in [-0.4, -0.2) is 37.9 Å². The monoisotopic (exact) mass is 479 g/mol. The van der Waals surface area contributed by atoms with Gasteiger partial charge in [0.25, 0.3) is 5.91 Å². The molecule has 182 valence electrons. The van der Waals surface area contributed by atoms with E-state index in [1.807, 2.05) is 13.0 Å². The Balaban J connectivity index is 0.000000273. The van der Waals surface area contributed by atoms with Crippen molar-refractivity contribution in [1.82, 2.24) is 24.9 Å². The summed E-state index contributed by atoms with van der Waals surface area (Å²) in [5, 5.41) is 6.73. The van der Waals surface area contributed by atoms with Crippen LogP contribution in [0.3, 0.4) is 0 Å². The van der Waals surface area contributed by atoms with Crippen LogP contribution in [0.25, 0.3) is 5.65 Å². The van der Waals surface area contributed by atoms with Gasteiger partial charge in [0.1, 0.15) is 11.4 Å². The van der Waals surface area contributed by atoms with Crippen LogP contribution in [0, 0.1) is 18.7 Å². The number of aryl methyl sites for hydroxylation is 1. The first-order valence-corrected chi connectivity index (χ1v) is 11.8. The fraction of sp³-hybridized carbons (Fsp3) is 0.500. The molecule has 3 aromatic heterocycles. The summed E-state index contributed by atoms with van der Waals surface area (Å²) in [7, 11) is 0. The highest BCUT2D eigenvalue weighted by Crippen LogP contribution is 2.11. The smallest absolute Gasteiger partial charge is 0.256 e. The quantitative estimate of drug-likeness (QED) is 0.346. The molecule has 0 aliphatic heterocycles. The van der Waals surface area contributed by atoms with Crippen molar-refractivity contribution in [2.24, 2.45) is 5.92 Å². The Labute approximate surface area is 199 Å². The molecule has 1 atom stereocenters. The number of hydrogen-bond acceptors (Lipinski definition) is 4. The van der Waals surface area contributed by atoms with E-state index in [4.69, 9.17) is 11.6 Å². The summed E-state index contributed by atoms with van der Waals surface area (Å²) in [5.74, 6) is 0.715. The number of pyridine rings is 1. The van der Waals surface area contributed by atoms with Crippen LogP contribution in [0.4, 0.5) is 4.39 Å². The minimum atomic E-state index is -0.426. The molecule has 0 aromatic carbocycles. The van der Waals surface area contributed by atoms with Gasteiger partial charge in [0.2, 0.25) is 5.56 Å². The number of amides is 1. The van der Waals surface area contributed by atoms with Gasteiger partial charge in [0.05, 0.1) is 6.20 Å². The van der Waals surface area contributed by atoms with Crippen LogP contribution in [0.15, 0.2) is 41.6 Å². The second-order valence-electron chi connectivity index (χ2n) is 7.72.